The van der Waals surface area contributed by atoms with Crippen molar-refractivity contribution in [3.8, 4) is 0 Å². The summed E-state index contributed by atoms with van der Waals surface area (Å²) in [6.07, 6.45) is -2.45. The number of aliphatic hydroxyl groups is 1. The molecule has 48 heavy (non-hydrogen) atoms. The Morgan fingerprint density at radius 3 is 2.08 bits per heavy atom. The van der Waals surface area contributed by atoms with Gasteiger partial charge in [0.25, 0.3) is 0 Å². The summed E-state index contributed by atoms with van der Waals surface area (Å²) in [5.41, 5.74) is 1.24. The first-order valence-electron chi connectivity index (χ1n) is 14.5. The summed E-state index contributed by atoms with van der Waals surface area (Å²) in [5, 5.41) is 17.6. The molecule has 4 aliphatic heterocycles. The van der Waals surface area contributed by atoms with Crippen molar-refractivity contribution in [3.63, 3.8) is 0 Å². The van der Waals surface area contributed by atoms with Crippen molar-refractivity contribution in [2.75, 3.05) is 36.9 Å². The van der Waals surface area contributed by atoms with Crippen molar-refractivity contribution in [2.24, 2.45) is 0 Å². The third kappa shape index (κ3) is 5.92. The van der Waals surface area contributed by atoms with Gasteiger partial charge in [-0.15, -0.1) is 0 Å². The van der Waals surface area contributed by atoms with E-state index in [1.54, 1.807) is 0 Å². The lowest BCUT2D eigenvalue weighted by Crippen LogP contribution is -2.35. The molecule has 8 heterocycles. The van der Waals surface area contributed by atoms with Crippen LogP contribution in [-0.4, -0.2) is 112 Å². The lowest BCUT2D eigenvalue weighted by atomic mass is 10.1. The average molecular weight is 745 g/mol. The number of ether oxygens (including phenoxy) is 2. The molecular weight excluding hydrogens is 717 g/mol. The Labute approximate surface area is 280 Å². The maximum atomic E-state index is 16.3. The molecule has 4 N–H and O–H groups in total. The summed E-state index contributed by atoms with van der Waals surface area (Å²) in [6, 6.07) is 0. The first kappa shape index (κ1) is 32.5. The number of imidazole rings is 2. The Morgan fingerprint density at radius 1 is 0.854 bits per heavy atom. The maximum Gasteiger partial charge on any atom is 0.386 e. The van der Waals surface area contributed by atoms with Crippen LogP contribution in [0.1, 0.15) is 12.5 Å². The summed E-state index contributed by atoms with van der Waals surface area (Å²) in [4.78, 5) is 37.1. The summed E-state index contributed by atoms with van der Waals surface area (Å²) < 4.78 is 67.4. The first-order valence-corrected chi connectivity index (χ1v) is 19.8. The van der Waals surface area contributed by atoms with Gasteiger partial charge in [0, 0.05) is 13.1 Å². The van der Waals surface area contributed by atoms with Gasteiger partial charge in [0.1, 0.15) is 43.2 Å². The molecule has 0 radical (unpaired) electrons. The normalized spacial score (nSPS) is 38.0. The van der Waals surface area contributed by atoms with E-state index in [0.717, 1.165) is 0 Å². The molecule has 0 spiro atoms. The fourth-order valence-corrected chi connectivity index (χ4v) is 8.78. The molecule has 19 nitrogen and oxygen atoms in total. The van der Waals surface area contributed by atoms with Crippen molar-refractivity contribution in [2.45, 2.75) is 49.1 Å². The van der Waals surface area contributed by atoms with Crippen molar-refractivity contribution < 1.29 is 46.5 Å². The maximum absolute atomic E-state index is 16.3. The quantitative estimate of drug-likeness (QED) is 0.0980. The minimum Gasteiger partial charge on any atom is -0.387 e. The predicted molar refractivity (Wildman–Crippen MR) is 170 cm³/mol. The summed E-state index contributed by atoms with van der Waals surface area (Å²) in [7, 11) is 0. The van der Waals surface area contributed by atoms with Crippen LogP contribution >= 0.6 is 25.8 Å². The highest BCUT2D eigenvalue weighted by Crippen LogP contribution is 2.58. The summed E-state index contributed by atoms with van der Waals surface area (Å²) in [6.45, 7) is -8.94. The number of nitrogens with one attached hydrogen (secondary N) is 2. The monoisotopic (exact) mass is 744 g/mol. The van der Waals surface area contributed by atoms with Crippen LogP contribution in [0.25, 0.3) is 22.3 Å². The molecule has 12 bridgehead atoms. The van der Waals surface area contributed by atoms with Crippen molar-refractivity contribution in [1.82, 2.24) is 39.0 Å². The Hall–Kier alpha value is -2.72. The average Bonchev–Trinajstić information content (AvgIpc) is 3.81. The molecule has 4 aliphatic rings. The lowest BCUT2D eigenvalue weighted by molar-refractivity contribution is -0.0584. The number of nitrogens with zero attached hydrogens (tertiary/aromatic N) is 8. The van der Waals surface area contributed by atoms with Crippen molar-refractivity contribution in [1.29, 1.82) is 0 Å². The van der Waals surface area contributed by atoms with E-state index in [1.807, 2.05) is 12.2 Å². The molecule has 4 aromatic heterocycles. The van der Waals surface area contributed by atoms with Gasteiger partial charge in [-0.2, -0.15) is 0 Å². The van der Waals surface area contributed by atoms with Gasteiger partial charge in [0.05, 0.1) is 25.9 Å². The first-order chi connectivity index (χ1) is 23.1. The van der Waals surface area contributed by atoms with Crippen LogP contribution in [0.5, 0.6) is 0 Å². The fourth-order valence-electron chi connectivity index (χ4n) is 5.89. The van der Waals surface area contributed by atoms with Gasteiger partial charge in [-0.25, -0.2) is 38.9 Å². The number of thiol groups is 1. The largest absolute Gasteiger partial charge is 0.387 e. The molecule has 0 amide bonds. The van der Waals surface area contributed by atoms with Gasteiger partial charge in [0.15, 0.2) is 52.6 Å². The van der Waals surface area contributed by atoms with Crippen molar-refractivity contribution in [3.05, 3.63) is 37.5 Å². The second kappa shape index (κ2) is 12.6. The molecule has 8 rings (SSSR count). The van der Waals surface area contributed by atoms with Gasteiger partial charge >= 0.3 is 13.5 Å². The number of halogens is 1. The number of aromatic nitrogens is 8. The Morgan fingerprint density at radius 2 is 1.44 bits per heavy atom. The highest BCUT2D eigenvalue weighted by molar-refractivity contribution is 8.44. The zero-order valence-corrected chi connectivity index (χ0v) is 27.9. The van der Waals surface area contributed by atoms with Crippen LogP contribution in [0.2, 0.25) is 0 Å². The zero-order valence-electron chi connectivity index (χ0n) is 24.4. The molecule has 256 valence electrons. The van der Waals surface area contributed by atoms with E-state index in [1.165, 1.54) is 34.4 Å². The number of hydrogen-bond acceptors (Lipinski definition) is 17. The Bertz CT molecular complexity index is 1990. The minimum absolute atomic E-state index is 0.238. The van der Waals surface area contributed by atoms with E-state index < -0.39 is 75.9 Å². The number of rotatable bonds is 0. The highest BCUT2D eigenvalue weighted by Gasteiger charge is 2.53. The molecule has 0 aromatic carbocycles. The number of hydrogen-bond donors (Lipinski definition) is 5. The van der Waals surface area contributed by atoms with Gasteiger partial charge in [-0.1, -0.05) is 24.4 Å². The third-order valence-corrected chi connectivity index (χ3v) is 11.3. The van der Waals surface area contributed by atoms with E-state index in [4.69, 9.17) is 39.4 Å². The number of fused-ring (bicyclic) bond motifs is 7. The van der Waals surface area contributed by atoms with Crippen LogP contribution in [0.3, 0.4) is 0 Å². The van der Waals surface area contributed by atoms with E-state index >= 15 is 4.39 Å². The standard InChI is InChI=1S/C24H27FN10O9P2S2/c25-13-17-12-6-40-46(38,48)44-18-16(36)11(5-39-45(37,47)43-17)41-24(18)35-10-33-15-20(29-8-31-22(15)35)27-4-2-1-3-26-19-14-21(30-7-28-19)34(9-32-14)23(13)42-12/h1-2,7-13,16-18,23-24,36H,3-6H2,(H,37,47)(H,38,48)(H,26,28,30)(H,27,29,31)/b2-1+/t11-,12-,13-,16-,17-,18-,23?,24-,45?,46?/m1/s1. The lowest BCUT2D eigenvalue weighted by Gasteiger charge is -2.27. The van der Waals surface area contributed by atoms with Crippen LogP contribution in [0.15, 0.2) is 37.5 Å². The highest BCUT2D eigenvalue weighted by atomic mass is 32.7. The van der Waals surface area contributed by atoms with Gasteiger partial charge in [0.2, 0.25) is 0 Å². The van der Waals surface area contributed by atoms with Crippen LogP contribution in [-0.2, 0) is 43.9 Å². The van der Waals surface area contributed by atoms with Gasteiger partial charge in [-0.3, -0.25) is 22.7 Å². The molecule has 10 atom stereocenters. The number of alkyl halides is 1. The molecule has 0 saturated carbocycles. The van der Waals surface area contributed by atoms with E-state index in [9.17, 15) is 14.6 Å². The van der Waals surface area contributed by atoms with Crippen LogP contribution in [0, 0.1) is 0 Å². The van der Waals surface area contributed by atoms with Crippen LogP contribution < -0.4 is 10.6 Å². The fraction of sp³-hybridized carbons (Fsp3) is 0.500. The Balaban J connectivity index is 1.23. The third-order valence-electron chi connectivity index (χ3n) is 8.10. The molecular formula is C24H27FN10O9P2S2. The van der Waals surface area contributed by atoms with Crippen LogP contribution in [0.4, 0.5) is 16.0 Å². The topological polar surface area (TPSA) is 224 Å². The molecule has 3 unspecified atom stereocenters. The molecule has 3 saturated heterocycles. The van der Waals surface area contributed by atoms with Crippen molar-refractivity contribution >= 4 is 71.5 Å². The van der Waals surface area contributed by atoms with E-state index in [0.29, 0.717) is 41.4 Å². The number of aliphatic hydroxyl groups excluding tert-OH is 1. The zero-order chi connectivity index (χ0) is 33.2. The smallest absolute Gasteiger partial charge is 0.386 e. The molecule has 3 fully saturated rings. The minimum atomic E-state index is -4.34. The Kier molecular flexibility index (Phi) is 8.50. The van der Waals surface area contributed by atoms with E-state index in [2.05, 4.69) is 52.8 Å². The molecule has 0 aliphatic carbocycles. The summed E-state index contributed by atoms with van der Waals surface area (Å²) >= 11 is 9.38. The van der Waals surface area contributed by atoms with Gasteiger partial charge < -0.3 is 34.6 Å². The second-order valence-electron chi connectivity index (χ2n) is 11.1. The SMILES string of the molecule is O=P1(S)OC[C@H]2OC3[C@H](F)[C@@H]2OP(O)(=S)OC[C@H]2O[C@H]([C@H](O1)[C@@H]2O)n1cnc2c(ncnc21)NC/C=C/CNc1ncnc2c1ncn23. The number of anilines is 2. The second-order valence-corrected chi connectivity index (χ2v) is 16.7. The predicted octanol–water partition coefficient (Wildman–Crippen LogP) is 1.63. The molecule has 24 heteroatoms. The van der Waals surface area contributed by atoms with E-state index in [-0.39, 0.29) is 5.65 Å². The van der Waals surface area contributed by atoms with Gasteiger partial charge in [-0.05, 0) is 11.8 Å². The molecule has 4 aromatic rings. The summed E-state index contributed by atoms with van der Waals surface area (Å²) in [5.74, 6) is 0.797.